The van der Waals surface area contributed by atoms with E-state index in [0.717, 1.165) is 5.69 Å². The Hall–Kier alpha value is -1.64. The molecule has 3 nitrogen and oxygen atoms in total. The van der Waals surface area contributed by atoms with Crippen molar-refractivity contribution in [1.82, 2.24) is 15.0 Å². The van der Waals surface area contributed by atoms with Crippen molar-refractivity contribution in [2.24, 2.45) is 0 Å². The molecule has 1 aromatic carbocycles. The topological polar surface area (TPSA) is 30.7 Å². The Balaban J connectivity index is 2.43. The Labute approximate surface area is 70.6 Å². The van der Waals surface area contributed by atoms with Gasteiger partial charge in [0.15, 0.2) is 0 Å². The first-order chi connectivity index (χ1) is 5.86. The number of hydrogen-bond acceptors (Lipinski definition) is 2. The van der Waals surface area contributed by atoms with Crippen LogP contribution in [0.5, 0.6) is 0 Å². The molecule has 0 aliphatic rings. The molecular weight excluding hydrogens is 150 g/mol. The summed E-state index contributed by atoms with van der Waals surface area (Å²) in [5.41, 5.74) is 2.25. The first-order valence-corrected chi connectivity index (χ1v) is 3.72. The van der Waals surface area contributed by atoms with Crippen LogP contribution in [-0.2, 0) is 0 Å². The summed E-state index contributed by atoms with van der Waals surface area (Å²) in [4.78, 5) is 0. The number of aromatic nitrogens is 3. The van der Waals surface area contributed by atoms with Crippen LogP contribution in [0.3, 0.4) is 0 Å². The van der Waals surface area contributed by atoms with Crippen LogP contribution < -0.4 is 0 Å². The van der Waals surface area contributed by atoms with Crippen molar-refractivity contribution in [3.05, 3.63) is 42.2 Å². The Kier molecular flexibility index (Phi) is 1.63. The first kappa shape index (κ1) is 7.03. The lowest BCUT2D eigenvalue weighted by Gasteiger charge is -1.98. The monoisotopic (exact) mass is 158 g/mol. The summed E-state index contributed by atoms with van der Waals surface area (Å²) in [5.74, 6) is 0. The van der Waals surface area contributed by atoms with Gasteiger partial charge in [-0.25, -0.2) is 4.68 Å². The lowest BCUT2D eigenvalue weighted by atomic mass is 10.2. The maximum atomic E-state index is 3.83. The second-order valence-electron chi connectivity index (χ2n) is 2.63. The van der Waals surface area contributed by atoms with Gasteiger partial charge in [-0.05, 0) is 19.1 Å². The van der Waals surface area contributed by atoms with Gasteiger partial charge in [-0.1, -0.05) is 22.9 Å². The van der Waals surface area contributed by atoms with E-state index in [1.165, 1.54) is 5.56 Å². The van der Waals surface area contributed by atoms with Gasteiger partial charge in [0.25, 0.3) is 0 Å². The molecule has 2 aromatic rings. The summed E-state index contributed by atoms with van der Waals surface area (Å²) < 4.78 is 1.68. The maximum absolute atomic E-state index is 3.83. The predicted octanol–water partition coefficient (Wildman–Crippen LogP) is 1.38. The van der Waals surface area contributed by atoms with E-state index in [4.69, 9.17) is 0 Å². The zero-order chi connectivity index (χ0) is 8.39. The zero-order valence-corrected chi connectivity index (χ0v) is 6.73. The van der Waals surface area contributed by atoms with Crippen molar-refractivity contribution in [3.8, 4) is 5.69 Å². The van der Waals surface area contributed by atoms with E-state index in [-0.39, 0.29) is 0 Å². The molecule has 1 radical (unpaired) electrons. The van der Waals surface area contributed by atoms with E-state index in [0.29, 0.717) is 0 Å². The van der Waals surface area contributed by atoms with Crippen LogP contribution in [0.25, 0.3) is 5.69 Å². The standard InChI is InChI=1S/C9H8N3/c1-8-2-4-9(5-3-8)12-7-6-10-11-12/h2-5,7H,1H3. The van der Waals surface area contributed by atoms with E-state index in [2.05, 4.69) is 23.4 Å². The number of benzene rings is 1. The van der Waals surface area contributed by atoms with Crippen molar-refractivity contribution >= 4 is 0 Å². The minimum absolute atomic E-state index is 1.01. The fraction of sp³-hybridized carbons (Fsp3) is 0.111. The SMILES string of the molecule is Cc1ccc(-n2c[c]nn2)cc1. The molecule has 0 aliphatic carbocycles. The molecule has 3 heteroatoms. The minimum atomic E-state index is 1.01. The van der Waals surface area contributed by atoms with Crippen LogP contribution in [0.1, 0.15) is 5.56 Å². The molecule has 0 amide bonds. The molecule has 2 rings (SSSR count). The molecule has 0 saturated carbocycles. The molecule has 0 fully saturated rings. The first-order valence-electron chi connectivity index (χ1n) is 3.72. The van der Waals surface area contributed by atoms with Gasteiger partial charge < -0.3 is 0 Å². The summed E-state index contributed by atoms with van der Waals surface area (Å²) in [5, 5.41) is 7.44. The van der Waals surface area contributed by atoms with Crippen molar-refractivity contribution in [1.29, 1.82) is 0 Å². The molecule has 0 atom stereocenters. The molecule has 59 valence electrons. The molecule has 0 bridgehead atoms. The lowest BCUT2D eigenvalue weighted by Crippen LogP contribution is -1.94. The summed E-state index contributed by atoms with van der Waals surface area (Å²) in [6, 6.07) is 8.07. The van der Waals surface area contributed by atoms with Crippen LogP contribution in [0.4, 0.5) is 0 Å². The Morgan fingerprint density at radius 1 is 1.25 bits per heavy atom. The fourth-order valence-electron chi connectivity index (χ4n) is 1.00. The highest BCUT2D eigenvalue weighted by molar-refractivity contribution is 5.32. The fourth-order valence-corrected chi connectivity index (χ4v) is 1.00. The molecule has 1 aromatic heterocycles. The van der Waals surface area contributed by atoms with Crippen LogP contribution in [0.15, 0.2) is 30.5 Å². The highest BCUT2D eigenvalue weighted by atomic mass is 15.4. The second kappa shape index (κ2) is 2.77. The Morgan fingerprint density at radius 2 is 2.00 bits per heavy atom. The zero-order valence-electron chi connectivity index (χ0n) is 6.73. The summed E-state index contributed by atoms with van der Waals surface area (Å²) in [6.07, 6.45) is 4.34. The Bertz CT molecular complexity index is 348. The minimum Gasteiger partial charge on any atom is -0.220 e. The molecule has 0 N–H and O–H groups in total. The third kappa shape index (κ3) is 1.21. The van der Waals surface area contributed by atoms with E-state index in [1.54, 1.807) is 10.9 Å². The van der Waals surface area contributed by atoms with E-state index < -0.39 is 0 Å². The molecule has 0 aliphatic heterocycles. The quantitative estimate of drug-likeness (QED) is 0.627. The van der Waals surface area contributed by atoms with Crippen molar-refractivity contribution in [3.63, 3.8) is 0 Å². The number of rotatable bonds is 1. The number of aryl methyl sites for hydroxylation is 1. The smallest absolute Gasteiger partial charge is 0.135 e. The van der Waals surface area contributed by atoms with Crippen molar-refractivity contribution < 1.29 is 0 Å². The van der Waals surface area contributed by atoms with E-state index in [1.807, 2.05) is 24.3 Å². The molecule has 1 heterocycles. The van der Waals surface area contributed by atoms with Gasteiger partial charge in [-0.15, -0.1) is 5.10 Å². The highest BCUT2D eigenvalue weighted by Crippen LogP contribution is 2.06. The predicted molar refractivity (Wildman–Crippen MR) is 44.9 cm³/mol. The normalized spacial score (nSPS) is 10.1. The highest BCUT2D eigenvalue weighted by Gasteiger charge is 1.94. The number of nitrogens with zero attached hydrogens (tertiary/aromatic N) is 3. The van der Waals surface area contributed by atoms with Gasteiger partial charge in [0.1, 0.15) is 6.20 Å². The average Bonchev–Trinajstić information content (AvgIpc) is 2.58. The summed E-state index contributed by atoms with van der Waals surface area (Å²) in [6.45, 7) is 2.05. The second-order valence-corrected chi connectivity index (χ2v) is 2.63. The summed E-state index contributed by atoms with van der Waals surface area (Å²) in [7, 11) is 0. The molecule has 0 unspecified atom stereocenters. The van der Waals surface area contributed by atoms with E-state index >= 15 is 0 Å². The molecule has 0 saturated heterocycles. The number of hydrogen-bond donors (Lipinski definition) is 0. The van der Waals surface area contributed by atoms with Gasteiger partial charge in [0, 0.05) is 0 Å². The van der Waals surface area contributed by atoms with Crippen LogP contribution in [0.2, 0.25) is 0 Å². The lowest BCUT2D eigenvalue weighted by molar-refractivity contribution is 0.802. The largest absolute Gasteiger partial charge is 0.220 e. The molecular formula is C9H8N3. The third-order valence-corrected chi connectivity index (χ3v) is 1.68. The van der Waals surface area contributed by atoms with Gasteiger partial charge in [-0.3, -0.25) is 0 Å². The maximum Gasteiger partial charge on any atom is 0.135 e. The average molecular weight is 158 g/mol. The Morgan fingerprint density at radius 3 is 2.58 bits per heavy atom. The van der Waals surface area contributed by atoms with Gasteiger partial charge >= 0.3 is 0 Å². The van der Waals surface area contributed by atoms with Crippen molar-refractivity contribution in [2.45, 2.75) is 6.92 Å². The van der Waals surface area contributed by atoms with E-state index in [9.17, 15) is 0 Å². The molecule has 0 spiro atoms. The van der Waals surface area contributed by atoms with Crippen LogP contribution in [-0.4, -0.2) is 15.0 Å². The van der Waals surface area contributed by atoms with Crippen molar-refractivity contribution in [2.75, 3.05) is 0 Å². The summed E-state index contributed by atoms with van der Waals surface area (Å²) >= 11 is 0. The third-order valence-electron chi connectivity index (χ3n) is 1.68. The van der Waals surface area contributed by atoms with Crippen LogP contribution in [0, 0.1) is 13.1 Å². The van der Waals surface area contributed by atoms with Crippen LogP contribution >= 0.6 is 0 Å². The van der Waals surface area contributed by atoms with Gasteiger partial charge in [-0.2, -0.15) is 0 Å². The van der Waals surface area contributed by atoms with Gasteiger partial charge in [0.05, 0.1) is 11.9 Å². The van der Waals surface area contributed by atoms with Gasteiger partial charge in [0.2, 0.25) is 0 Å². The molecule has 12 heavy (non-hydrogen) atoms.